The molecule has 0 bridgehead atoms. The first kappa shape index (κ1) is 12.5. The Morgan fingerprint density at radius 2 is 1.94 bits per heavy atom. The second-order valence-corrected chi connectivity index (χ2v) is 5.54. The van der Waals surface area contributed by atoms with E-state index in [0.29, 0.717) is 17.7 Å². The Morgan fingerprint density at radius 3 is 2.44 bits per heavy atom. The molecule has 1 aromatic rings. The van der Waals surface area contributed by atoms with Crippen molar-refractivity contribution in [2.24, 2.45) is 5.41 Å². The number of carbonyl (C=O) groups is 1. The molecule has 2 rings (SSSR count). The molecule has 1 aliphatic rings. The van der Waals surface area contributed by atoms with Crippen LogP contribution in [0.3, 0.4) is 0 Å². The van der Waals surface area contributed by atoms with Crippen LogP contribution in [-0.4, -0.2) is 24.8 Å². The minimum absolute atomic E-state index is 0.0595. The van der Waals surface area contributed by atoms with Crippen LogP contribution >= 0.6 is 0 Å². The summed E-state index contributed by atoms with van der Waals surface area (Å²) in [6.07, 6.45) is 0.565. The number of nitro benzene ring substituents is 1. The molecule has 0 spiro atoms. The van der Waals surface area contributed by atoms with E-state index in [1.807, 2.05) is 13.8 Å². The highest BCUT2D eigenvalue weighted by Gasteiger charge is 2.39. The molecule has 0 saturated carbocycles. The first-order chi connectivity index (χ1) is 8.24. The minimum Gasteiger partial charge on any atom is -0.372 e. The van der Waals surface area contributed by atoms with Gasteiger partial charge in [0.25, 0.3) is 5.69 Å². The van der Waals surface area contributed by atoms with Gasteiger partial charge in [-0.25, -0.2) is 0 Å². The number of hydrogen-bond acceptors (Lipinski definition) is 4. The quantitative estimate of drug-likeness (QED) is 0.595. The number of hydrogen-bond donors (Lipinski definition) is 0. The first-order valence-corrected chi connectivity index (χ1v) is 5.77. The molecule has 0 unspecified atom stereocenters. The van der Waals surface area contributed by atoms with Crippen molar-refractivity contribution in [3.05, 3.63) is 33.4 Å². The maximum atomic E-state index is 12.2. The summed E-state index contributed by atoms with van der Waals surface area (Å²) < 4.78 is 0. The Hall–Kier alpha value is -1.91. The van der Waals surface area contributed by atoms with Crippen LogP contribution in [0.5, 0.6) is 0 Å². The summed E-state index contributed by atoms with van der Waals surface area (Å²) >= 11 is 0. The lowest BCUT2D eigenvalue weighted by Crippen LogP contribution is -2.19. The van der Waals surface area contributed by atoms with Crippen LogP contribution in [0.2, 0.25) is 0 Å². The molecule has 0 radical (unpaired) electrons. The molecule has 0 N–H and O–H groups in total. The molecule has 0 atom stereocenters. The fraction of sp³-hybridized carbons (Fsp3) is 0.462. The molecule has 0 heterocycles. The molecule has 0 aromatic heterocycles. The van der Waals surface area contributed by atoms with Crippen LogP contribution in [0.25, 0.3) is 0 Å². The van der Waals surface area contributed by atoms with E-state index in [1.165, 1.54) is 6.07 Å². The van der Waals surface area contributed by atoms with Gasteiger partial charge in [0.15, 0.2) is 5.78 Å². The van der Waals surface area contributed by atoms with Crippen molar-refractivity contribution in [1.29, 1.82) is 0 Å². The molecule has 18 heavy (non-hydrogen) atoms. The van der Waals surface area contributed by atoms with E-state index in [1.54, 1.807) is 25.1 Å². The highest BCUT2D eigenvalue weighted by atomic mass is 16.6. The van der Waals surface area contributed by atoms with Crippen molar-refractivity contribution >= 4 is 17.2 Å². The van der Waals surface area contributed by atoms with Crippen molar-refractivity contribution in [2.75, 3.05) is 19.0 Å². The number of fused-ring (bicyclic) bond motifs is 1. The van der Waals surface area contributed by atoms with Crippen molar-refractivity contribution in [3.63, 3.8) is 0 Å². The lowest BCUT2D eigenvalue weighted by atomic mass is 9.89. The maximum Gasteiger partial charge on any atom is 0.292 e. The van der Waals surface area contributed by atoms with Crippen LogP contribution in [0, 0.1) is 15.5 Å². The third kappa shape index (κ3) is 1.75. The number of carbonyl (C=O) groups excluding carboxylic acids is 1. The van der Waals surface area contributed by atoms with Gasteiger partial charge in [-0.15, -0.1) is 0 Å². The van der Waals surface area contributed by atoms with Crippen LogP contribution in [-0.2, 0) is 6.42 Å². The van der Waals surface area contributed by atoms with E-state index in [9.17, 15) is 14.9 Å². The maximum absolute atomic E-state index is 12.2. The summed E-state index contributed by atoms with van der Waals surface area (Å²) in [6.45, 7) is 3.74. The third-order valence-corrected chi connectivity index (χ3v) is 3.37. The molecule has 0 saturated heterocycles. The SMILES string of the molecule is CN(C)c1cc2c(cc1[N+](=O)[O-])CC(C)(C)C2=O. The summed E-state index contributed by atoms with van der Waals surface area (Å²) in [5, 5.41) is 11.1. The van der Waals surface area contributed by atoms with Gasteiger partial charge in [0.2, 0.25) is 0 Å². The van der Waals surface area contributed by atoms with E-state index in [0.717, 1.165) is 5.56 Å². The van der Waals surface area contributed by atoms with Gasteiger partial charge < -0.3 is 4.90 Å². The van der Waals surface area contributed by atoms with Gasteiger partial charge in [0.1, 0.15) is 5.69 Å². The van der Waals surface area contributed by atoms with Gasteiger partial charge in [-0.3, -0.25) is 14.9 Å². The summed E-state index contributed by atoms with van der Waals surface area (Å²) in [6, 6.07) is 3.18. The average molecular weight is 248 g/mol. The van der Waals surface area contributed by atoms with Crippen LogP contribution < -0.4 is 4.90 Å². The third-order valence-electron chi connectivity index (χ3n) is 3.37. The highest BCUT2D eigenvalue weighted by Crippen LogP contribution is 2.41. The van der Waals surface area contributed by atoms with Gasteiger partial charge in [-0.1, -0.05) is 13.8 Å². The van der Waals surface area contributed by atoms with E-state index in [2.05, 4.69) is 0 Å². The summed E-state index contributed by atoms with van der Waals surface area (Å²) in [5.74, 6) is 0.0653. The molecule has 1 aromatic carbocycles. The van der Waals surface area contributed by atoms with Gasteiger partial charge >= 0.3 is 0 Å². The summed E-state index contributed by atoms with van der Waals surface area (Å²) in [4.78, 5) is 24.5. The molecular formula is C13H16N2O3. The predicted octanol–water partition coefficient (Wildman–Crippen LogP) is 2.43. The van der Waals surface area contributed by atoms with E-state index < -0.39 is 10.3 Å². The number of Topliss-reactive ketones (excluding diaryl/α,β-unsaturated/α-hetero) is 1. The zero-order valence-electron chi connectivity index (χ0n) is 11.0. The predicted molar refractivity (Wildman–Crippen MR) is 69.2 cm³/mol. The Kier molecular flexibility index (Phi) is 2.65. The zero-order chi connectivity index (χ0) is 13.7. The van der Waals surface area contributed by atoms with Gasteiger partial charge in [-0.2, -0.15) is 0 Å². The number of nitro groups is 1. The first-order valence-electron chi connectivity index (χ1n) is 5.77. The molecule has 0 fully saturated rings. The van der Waals surface area contributed by atoms with E-state index >= 15 is 0 Å². The van der Waals surface area contributed by atoms with Crippen molar-refractivity contribution < 1.29 is 9.72 Å². The summed E-state index contributed by atoms with van der Waals surface area (Å²) in [5.41, 5.74) is 1.48. The minimum atomic E-state index is -0.457. The van der Waals surface area contributed by atoms with Crippen molar-refractivity contribution in [2.45, 2.75) is 20.3 Å². The lowest BCUT2D eigenvalue weighted by molar-refractivity contribution is -0.384. The normalized spacial score (nSPS) is 16.6. The van der Waals surface area contributed by atoms with Gasteiger partial charge in [-0.05, 0) is 18.1 Å². The smallest absolute Gasteiger partial charge is 0.292 e. The van der Waals surface area contributed by atoms with Gasteiger partial charge in [0.05, 0.1) is 4.92 Å². The fourth-order valence-corrected chi connectivity index (χ4v) is 2.40. The number of ketones is 1. The number of nitrogens with zero attached hydrogens (tertiary/aromatic N) is 2. The molecule has 0 aliphatic heterocycles. The Morgan fingerprint density at radius 1 is 1.33 bits per heavy atom. The molecular weight excluding hydrogens is 232 g/mol. The number of anilines is 1. The number of rotatable bonds is 2. The second kappa shape index (κ2) is 3.80. The highest BCUT2D eigenvalue weighted by molar-refractivity contribution is 6.05. The van der Waals surface area contributed by atoms with E-state index in [4.69, 9.17) is 0 Å². The molecule has 1 aliphatic carbocycles. The molecule has 96 valence electrons. The fourth-order valence-electron chi connectivity index (χ4n) is 2.40. The Balaban J connectivity index is 2.65. The van der Waals surface area contributed by atoms with Crippen LogP contribution in [0.15, 0.2) is 12.1 Å². The van der Waals surface area contributed by atoms with Gasteiger partial charge in [0, 0.05) is 31.1 Å². The lowest BCUT2D eigenvalue weighted by Gasteiger charge is -2.14. The van der Waals surface area contributed by atoms with E-state index in [-0.39, 0.29) is 11.5 Å². The largest absolute Gasteiger partial charge is 0.372 e. The zero-order valence-corrected chi connectivity index (χ0v) is 11.0. The van der Waals surface area contributed by atoms with Crippen LogP contribution in [0.4, 0.5) is 11.4 Å². The molecule has 5 heteroatoms. The Labute approximate surface area is 106 Å². The average Bonchev–Trinajstić information content (AvgIpc) is 2.47. The Bertz CT molecular complexity index is 547. The topological polar surface area (TPSA) is 63.4 Å². The molecule has 0 amide bonds. The molecule has 5 nitrogen and oxygen atoms in total. The monoisotopic (exact) mass is 248 g/mol. The van der Waals surface area contributed by atoms with Crippen molar-refractivity contribution in [1.82, 2.24) is 0 Å². The second-order valence-electron chi connectivity index (χ2n) is 5.54. The van der Waals surface area contributed by atoms with Crippen molar-refractivity contribution in [3.8, 4) is 0 Å². The summed E-state index contributed by atoms with van der Waals surface area (Å²) in [7, 11) is 3.47. The van der Waals surface area contributed by atoms with Crippen LogP contribution in [0.1, 0.15) is 29.8 Å². The number of benzene rings is 1. The standard InChI is InChI=1S/C13H16N2O3/c1-13(2)7-8-5-11(15(17)18)10(14(3)4)6-9(8)12(13)16/h5-6H,7H2,1-4H3.